The van der Waals surface area contributed by atoms with Crippen LogP contribution >= 0.6 is 11.3 Å². The van der Waals surface area contributed by atoms with Crippen LogP contribution in [0.4, 0.5) is 5.69 Å². The van der Waals surface area contributed by atoms with Gasteiger partial charge >= 0.3 is 0 Å². The first kappa shape index (κ1) is 16.6. The molecule has 0 radical (unpaired) electrons. The predicted molar refractivity (Wildman–Crippen MR) is 92.4 cm³/mol. The fourth-order valence-corrected chi connectivity index (χ4v) is 2.95. The van der Waals surface area contributed by atoms with Gasteiger partial charge in [-0.1, -0.05) is 32.9 Å². The van der Waals surface area contributed by atoms with Crippen molar-refractivity contribution in [1.82, 2.24) is 4.98 Å². The van der Waals surface area contributed by atoms with Gasteiger partial charge in [-0.2, -0.15) is 0 Å². The molecule has 1 aromatic heterocycles. The van der Waals surface area contributed by atoms with Gasteiger partial charge in [-0.3, -0.25) is 4.79 Å². The molecule has 0 aliphatic heterocycles. The lowest BCUT2D eigenvalue weighted by Crippen LogP contribution is -2.14. The molecule has 1 aromatic carbocycles. The maximum Gasteiger partial charge on any atom is 0.275 e. The number of anilines is 1. The van der Waals surface area contributed by atoms with E-state index >= 15 is 0 Å². The van der Waals surface area contributed by atoms with E-state index in [0.717, 1.165) is 23.5 Å². The molecule has 2 unspecified atom stereocenters. The normalized spacial score (nSPS) is 13.6. The van der Waals surface area contributed by atoms with Gasteiger partial charge in [-0.05, 0) is 36.5 Å². The molecule has 0 fully saturated rings. The maximum atomic E-state index is 12.2. The zero-order chi connectivity index (χ0) is 16.1. The molecule has 1 amide bonds. The number of nitrogens with two attached hydrogens (primary N) is 1. The van der Waals surface area contributed by atoms with E-state index in [1.165, 1.54) is 16.9 Å². The number of benzene rings is 1. The Kier molecular flexibility index (Phi) is 5.69. The smallest absolute Gasteiger partial charge is 0.275 e. The molecule has 5 heteroatoms. The Hall–Kier alpha value is -1.72. The second-order valence-electron chi connectivity index (χ2n) is 5.47. The molecule has 0 spiro atoms. The molecule has 4 nitrogen and oxygen atoms in total. The Balaban J connectivity index is 2.04. The van der Waals surface area contributed by atoms with E-state index in [-0.39, 0.29) is 11.9 Å². The van der Waals surface area contributed by atoms with Crippen LogP contribution in [-0.4, -0.2) is 10.9 Å². The van der Waals surface area contributed by atoms with Gasteiger partial charge in [-0.25, -0.2) is 4.98 Å². The molecule has 1 heterocycles. The van der Waals surface area contributed by atoms with Crippen molar-refractivity contribution in [2.45, 2.75) is 45.6 Å². The molecule has 0 saturated carbocycles. The monoisotopic (exact) mass is 317 g/mol. The number of nitrogens with zero attached hydrogens (tertiary/aromatic N) is 1. The summed E-state index contributed by atoms with van der Waals surface area (Å²) in [6.07, 6.45) is 1.91. The average molecular weight is 317 g/mol. The number of carbonyl (C=O) groups excluding carboxylic acids is 1. The summed E-state index contributed by atoms with van der Waals surface area (Å²) in [5, 5.41) is 5.44. The summed E-state index contributed by atoms with van der Waals surface area (Å²) in [4.78, 5) is 16.5. The molecule has 0 bridgehead atoms. The lowest BCUT2D eigenvalue weighted by molar-refractivity contribution is 0.102. The summed E-state index contributed by atoms with van der Waals surface area (Å²) in [5.41, 5.74) is 8.43. The molecule has 3 N–H and O–H groups in total. The summed E-state index contributed by atoms with van der Waals surface area (Å²) in [7, 11) is 0. The molecule has 22 heavy (non-hydrogen) atoms. The van der Waals surface area contributed by atoms with E-state index in [4.69, 9.17) is 5.73 Å². The van der Waals surface area contributed by atoms with Gasteiger partial charge in [0.2, 0.25) is 0 Å². The maximum absolute atomic E-state index is 12.2. The van der Waals surface area contributed by atoms with Crippen LogP contribution in [0.5, 0.6) is 0 Å². The van der Waals surface area contributed by atoms with Crippen LogP contribution in [0.25, 0.3) is 0 Å². The van der Waals surface area contributed by atoms with Crippen molar-refractivity contribution in [3.05, 3.63) is 45.9 Å². The molecule has 2 atom stereocenters. The van der Waals surface area contributed by atoms with Crippen molar-refractivity contribution >= 4 is 22.9 Å². The molecule has 118 valence electrons. The first-order valence-electron chi connectivity index (χ1n) is 7.67. The number of aromatic nitrogens is 1. The highest BCUT2D eigenvalue weighted by Gasteiger charge is 2.14. The quantitative estimate of drug-likeness (QED) is 0.833. The standard InChI is InChI=1S/C17H23N3OS/c1-4-11(3)12-6-8-13(9-7-12)19-16(21)15-10-22-17(20-15)14(18)5-2/h6-11,14H,4-5,18H2,1-3H3,(H,19,21). The molecule has 2 rings (SSSR count). The van der Waals surface area contributed by atoms with Crippen LogP contribution in [0.2, 0.25) is 0 Å². The zero-order valence-corrected chi connectivity index (χ0v) is 14.1. The number of nitrogens with one attached hydrogen (secondary N) is 1. The second kappa shape index (κ2) is 7.51. The van der Waals surface area contributed by atoms with Crippen LogP contribution < -0.4 is 11.1 Å². The Morgan fingerprint density at radius 1 is 1.27 bits per heavy atom. The lowest BCUT2D eigenvalue weighted by atomic mass is 9.99. The number of thiazole rings is 1. The fraction of sp³-hybridized carbons (Fsp3) is 0.412. The minimum absolute atomic E-state index is 0.0960. The third-order valence-corrected chi connectivity index (χ3v) is 4.84. The van der Waals surface area contributed by atoms with Gasteiger partial charge in [0.05, 0.1) is 6.04 Å². The van der Waals surface area contributed by atoms with Crippen molar-refractivity contribution < 1.29 is 4.79 Å². The Bertz CT molecular complexity index is 621. The first-order chi connectivity index (χ1) is 10.5. The lowest BCUT2D eigenvalue weighted by Gasteiger charge is -2.10. The molecule has 0 aliphatic rings. The van der Waals surface area contributed by atoms with Gasteiger partial charge in [0.1, 0.15) is 10.7 Å². The minimum atomic E-state index is -0.193. The van der Waals surface area contributed by atoms with E-state index in [2.05, 4.69) is 36.3 Å². The van der Waals surface area contributed by atoms with Crippen LogP contribution in [0.15, 0.2) is 29.6 Å². The van der Waals surface area contributed by atoms with Gasteiger partial charge < -0.3 is 11.1 Å². The van der Waals surface area contributed by atoms with Gasteiger partial charge in [-0.15, -0.1) is 11.3 Å². The summed E-state index contributed by atoms with van der Waals surface area (Å²) in [5.74, 6) is 0.337. The fourth-order valence-electron chi connectivity index (χ4n) is 2.06. The van der Waals surface area contributed by atoms with E-state index < -0.39 is 0 Å². The number of amides is 1. The molecule has 2 aromatic rings. The highest BCUT2D eigenvalue weighted by molar-refractivity contribution is 7.09. The van der Waals surface area contributed by atoms with Gasteiger partial charge in [0.15, 0.2) is 0 Å². The van der Waals surface area contributed by atoms with Crippen LogP contribution in [0.1, 0.15) is 66.6 Å². The highest BCUT2D eigenvalue weighted by Crippen LogP contribution is 2.22. The highest BCUT2D eigenvalue weighted by atomic mass is 32.1. The van der Waals surface area contributed by atoms with Crippen LogP contribution in [0.3, 0.4) is 0 Å². The number of carbonyl (C=O) groups is 1. The van der Waals surface area contributed by atoms with E-state index in [1.807, 2.05) is 19.1 Å². The SMILES string of the molecule is CCC(C)c1ccc(NC(=O)c2csc(C(N)CC)n2)cc1. The Labute approximate surface area is 135 Å². The van der Waals surface area contributed by atoms with E-state index in [1.54, 1.807) is 5.38 Å². The summed E-state index contributed by atoms with van der Waals surface area (Å²) < 4.78 is 0. The Morgan fingerprint density at radius 3 is 2.55 bits per heavy atom. The number of rotatable bonds is 6. The predicted octanol–water partition coefficient (Wildman–Crippen LogP) is 4.32. The van der Waals surface area contributed by atoms with Crippen molar-refractivity contribution in [3.63, 3.8) is 0 Å². The summed E-state index contributed by atoms with van der Waals surface area (Å²) >= 11 is 1.43. The van der Waals surface area contributed by atoms with Crippen molar-refractivity contribution in [1.29, 1.82) is 0 Å². The molecular weight excluding hydrogens is 294 g/mol. The van der Waals surface area contributed by atoms with Crippen molar-refractivity contribution in [3.8, 4) is 0 Å². The summed E-state index contributed by atoms with van der Waals surface area (Å²) in [6, 6.07) is 7.89. The third kappa shape index (κ3) is 3.93. The van der Waals surface area contributed by atoms with Crippen LogP contribution in [-0.2, 0) is 0 Å². The number of hydrogen-bond donors (Lipinski definition) is 2. The van der Waals surface area contributed by atoms with Crippen molar-refractivity contribution in [2.24, 2.45) is 5.73 Å². The molecule has 0 aliphatic carbocycles. The summed E-state index contributed by atoms with van der Waals surface area (Å²) in [6.45, 7) is 6.37. The minimum Gasteiger partial charge on any atom is -0.322 e. The third-order valence-electron chi connectivity index (χ3n) is 3.86. The molecule has 0 saturated heterocycles. The first-order valence-corrected chi connectivity index (χ1v) is 8.55. The topological polar surface area (TPSA) is 68.0 Å². The molecular formula is C17H23N3OS. The second-order valence-corrected chi connectivity index (χ2v) is 6.36. The van der Waals surface area contributed by atoms with E-state index in [9.17, 15) is 4.79 Å². The Morgan fingerprint density at radius 2 is 1.95 bits per heavy atom. The largest absolute Gasteiger partial charge is 0.322 e. The van der Waals surface area contributed by atoms with Gasteiger partial charge in [0.25, 0.3) is 5.91 Å². The zero-order valence-electron chi connectivity index (χ0n) is 13.3. The van der Waals surface area contributed by atoms with Crippen LogP contribution in [0, 0.1) is 0 Å². The average Bonchev–Trinajstić information content (AvgIpc) is 3.04. The van der Waals surface area contributed by atoms with Crippen molar-refractivity contribution in [2.75, 3.05) is 5.32 Å². The van der Waals surface area contributed by atoms with Gasteiger partial charge in [0, 0.05) is 11.1 Å². The number of hydrogen-bond acceptors (Lipinski definition) is 4. The van der Waals surface area contributed by atoms with E-state index in [0.29, 0.717) is 11.6 Å².